The van der Waals surface area contributed by atoms with Crippen LogP contribution < -0.4 is 5.73 Å². The molecule has 1 heterocycles. The number of aliphatic carboxylic acids is 1. The molecule has 0 saturated carbocycles. The SMILES string of the molecule is NC(C(=O)O)c1ccc(-c2nn[nH]n2)cc1. The van der Waals surface area contributed by atoms with Gasteiger partial charge in [0.25, 0.3) is 0 Å². The van der Waals surface area contributed by atoms with Crippen molar-refractivity contribution in [3.05, 3.63) is 29.8 Å². The van der Waals surface area contributed by atoms with Gasteiger partial charge in [-0.2, -0.15) is 5.21 Å². The summed E-state index contributed by atoms with van der Waals surface area (Å²) in [4.78, 5) is 10.6. The lowest BCUT2D eigenvalue weighted by Crippen LogP contribution is -2.20. The van der Waals surface area contributed by atoms with Gasteiger partial charge in [-0.3, -0.25) is 4.79 Å². The Morgan fingerprint density at radius 1 is 1.38 bits per heavy atom. The number of nitrogens with one attached hydrogen (secondary N) is 1. The summed E-state index contributed by atoms with van der Waals surface area (Å²) in [5.41, 5.74) is 6.73. The van der Waals surface area contributed by atoms with Crippen LogP contribution in [0.4, 0.5) is 0 Å². The Labute approximate surface area is 90.3 Å². The monoisotopic (exact) mass is 219 g/mol. The van der Waals surface area contributed by atoms with E-state index >= 15 is 0 Å². The number of benzene rings is 1. The van der Waals surface area contributed by atoms with Gasteiger partial charge in [-0.1, -0.05) is 24.3 Å². The average Bonchev–Trinajstić information content (AvgIpc) is 2.81. The molecule has 0 radical (unpaired) electrons. The Morgan fingerprint density at radius 2 is 2.06 bits per heavy atom. The molecule has 0 aliphatic rings. The lowest BCUT2D eigenvalue weighted by atomic mass is 10.1. The number of carbonyl (C=O) groups is 1. The first-order chi connectivity index (χ1) is 7.68. The number of rotatable bonds is 3. The quantitative estimate of drug-likeness (QED) is 0.666. The number of aromatic nitrogens is 4. The van der Waals surface area contributed by atoms with Crippen molar-refractivity contribution in [3.8, 4) is 11.4 Å². The standard InChI is InChI=1S/C9H9N5O2/c10-7(9(15)16)5-1-3-6(4-2-5)8-11-13-14-12-8/h1-4,7H,10H2,(H,15,16)(H,11,12,13,14). The van der Waals surface area contributed by atoms with Gasteiger partial charge >= 0.3 is 5.97 Å². The van der Waals surface area contributed by atoms with Gasteiger partial charge in [0.1, 0.15) is 6.04 Å². The van der Waals surface area contributed by atoms with Crippen molar-refractivity contribution < 1.29 is 9.90 Å². The summed E-state index contributed by atoms with van der Waals surface area (Å²) < 4.78 is 0. The van der Waals surface area contributed by atoms with Crippen LogP contribution in [0.2, 0.25) is 0 Å². The second kappa shape index (κ2) is 4.07. The zero-order chi connectivity index (χ0) is 11.5. The fraction of sp³-hybridized carbons (Fsp3) is 0.111. The lowest BCUT2D eigenvalue weighted by Gasteiger charge is -2.06. The molecule has 0 aliphatic heterocycles. The van der Waals surface area contributed by atoms with E-state index in [1.54, 1.807) is 24.3 Å². The van der Waals surface area contributed by atoms with Crippen molar-refractivity contribution >= 4 is 5.97 Å². The summed E-state index contributed by atoms with van der Waals surface area (Å²) >= 11 is 0. The summed E-state index contributed by atoms with van der Waals surface area (Å²) in [7, 11) is 0. The fourth-order valence-electron chi connectivity index (χ4n) is 1.27. The summed E-state index contributed by atoms with van der Waals surface area (Å²) in [6.07, 6.45) is 0. The van der Waals surface area contributed by atoms with Crippen LogP contribution in [0.15, 0.2) is 24.3 Å². The van der Waals surface area contributed by atoms with Crippen LogP contribution in [0.25, 0.3) is 11.4 Å². The van der Waals surface area contributed by atoms with Crippen molar-refractivity contribution in [2.75, 3.05) is 0 Å². The van der Waals surface area contributed by atoms with E-state index in [2.05, 4.69) is 20.6 Å². The molecule has 1 atom stereocenters. The van der Waals surface area contributed by atoms with Crippen molar-refractivity contribution in [3.63, 3.8) is 0 Å². The molecule has 1 unspecified atom stereocenters. The highest BCUT2D eigenvalue weighted by Gasteiger charge is 2.14. The summed E-state index contributed by atoms with van der Waals surface area (Å²) in [6.45, 7) is 0. The molecule has 82 valence electrons. The number of aromatic amines is 1. The molecule has 0 bridgehead atoms. The Kier molecular flexibility index (Phi) is 2.61. The predicted octanol–water partition coefficient (Wildman–Crippen LogP) is -0.0489. The van der Waals surface area contributed by atoms with Gasteiger partial charge in [0, 0.05) is 5.56 Å². The van der Waals surface area contributed by atoms with E-state index in [-0.39, 0.29) is 0 Å². The highest BCUT2D eigenvalue weighted by atomic mass is 16.4. The molecule has 2 aromatic rings. The van der Waals surface area contributed by atoms with Crippen molar-refractivity contribution in [2.45, 2.75) is 6.04 Å². The second-order valence-corrected chi connectivity index (χ2v) is 3.17. The molecular weight excluding hydrogens is 210 g/mol. The molecule has 7 nitrogen and oxygen atoms in total. The first-order valence-electron chi connectivity index (χ1n) is 4.50. The van der Waals surface area contributed by atoms with Gasteiger partial charge in [-0.05, 0) is 10.8 Å². The zero-order valence-corrected chi connectivity index (χ0v) is 8.16. The van der Waals surface area contributed by atoms with Gasteiger partial charge in [0.15, 0.2) is 0 Å². The molecule has 0 saturated heterocycles. The Hall–Kier alpha value is -2.28. The van der Waals surface area contributed by atoms with Crippen molar-refractivity contribution in [1.82, 2.24) is 20.6 Å². The minimum Gasteiger partial charge on any atom is -0.480 e. The molecule has 2 rings (SSSR count). The van der Waals surface area contributed by atoms with E-state index in [0.29, 0.717) is 11.4 Å². The first kappa shape index (κ1) is 10.2. The van der Waals surface area contributed by atoms with Crippen molar-refractivity contribution in [1.29, 1.82) is 0 Å². The van der Waals surface area contributed by atoms with E-state index in [1.807, 2.05) is 0 Å². The molecule has 0 aliphatic carbocycles. The van der Waals surface area contributed by atoms with E-state index < -0.39 is 12.0 Å². The molecule has 0 amide bonds. The Bertz CT molecular complexity index is 479. The Morgan fingerprint density at radius 3 is 2.56 bits per heavy atom. The average molecular weight is 219 g/mol. The van der Waals surface area contributed by atoms with Gasteiger partial charge in [-0.15, -0.1) is 10.2 Å². The highest BCUT2D eigenvalue weighted by Crippen LogP contribution is 2.17. The molecule has 1 aromatic heterocycles. The topological polar surface area (TPSA) is 118 Å². The van der Waals surface area contributed by atoms with Crippen LogP contribution in [0.1, 0.15) is 11.6 Å². The molecule has 0 fully saturated rings. The molecule has 7 heteroatoms. The fourth-order valence-corrected chi connectivity index (χ4v) is 1.27. The van der Waals surface area contributed by atoms with Crippen molar-refractivity contribution in [2.24, 2.45) is 5.73 Å². The van der Waals surface area contributed by atoms with E-state index in [1.165, 1.54) is 0 Å². The van der Waals surface area contributed by atoms with Crippen LogP contribution in [0, 0.1) is 0 Å². The third kappa shape index (κ3) is 1.89. The number of hydrogen-bond donors (Lipinski definition) is 3. The smallest absolute Gasteiger partial charge is 0.325 e. The second-order valence-electron chi connectivity index (χ2n) is 3.17. The minimum absolute atomic E-state index is 0.454. The number of carboxylic acid groups (broad SMARTS) is 1. The third-order valence-corrected chi connectivity index (χ3v) is 2.14. The maximum Gasteiger partial charge on any atom is 0.325 e. The molecule has 1 aromatic carbocycles. The van der Waals surface area contributed by atoms with Crippen LogP contribution >= 0.6 is 0 Å². The largest absolute Gasteiger partial charge is 0.480 e. The van der Waals surface area contributed by atoms with Crippen LogP contribution in [-0.2, 0) is 4.79 Å². The number of H-pyrrole nitrogens is 1. The van der Waals surface area contributed by atoms with E-state index in [9.17, 15) is 4.79 Å². The van der Waals surface area contributed by atoms with Gasteiger partial charge < -0.3 is 10.8 Å². The van der Waals surface area contributed by atoms with Gasteiger partial charge in [0.05, 0.1) is 0 Å². The number of nitrogens with zero attached hydrogens (tertiary/aromatic N) is 3. The highest BCUT2D eigenvalue weighted by molar-refractivity contribution is 5.75. The minimum atomic E-state index is -1.06. The van der Waals surface area contributed by atoms with Crippen LogP contribution in [-0.4, -0.2) is 31.7 Å². The number of tetrazole rings is 1. The van der Waals surface area contributed by atoms with Gasteiger partial charge in [0.2, 0.25) is 5.82 Å². The van der Waals surface area contributed by atoms with Crippen LogP contribution in [0.3, 0.4) is 0 Å². The molecule has 16 heavy (non-hydrogen) atoms. The van der Waals surface area contributed by atoms with Crippen LogP contribution in [0.5, 0.6) is 0 Å². The number of carboxylic acids is 1. The zero-order valence-electron chi connectivity index (χ0n) is 8.16. The third-order valence-electron chi connectivity index (χ3n) is 2.14. The van der Waals surface area contributed by atoms with E-state index in [0.717, 1.165) is 5.56 Å². The maximum atomic E-state index is 10.6. The predicted molar refractivity (Wildman–Crippen MR) is 54.2 cm³/mol. The molecule has 0 spiro atoms. The normalized spacial score (nSPS) is 12.3. The summed E-state index contributed by atoms with van der Waals surface area (Å²) in [5, 5.41) is 22.1. The van der Waals surface area contributed by atoms with E-state index in [4.69, 9.17) is 10.8 Å². The number of hydrogen-bond acceptors (Lipinski definition) is 5. The summed E-state index contributed by atoms with van der Waals surface area (Å²) in [6, 6.07) is 5.64. The molecular formula is C9H9N5O2. The summed E-state index contributed by atoms with van der Waals surface area (Å²) in [5.74, 6) is -0.609. The maximum absolute atomic E-state index is 10.6. The first-order valence-corrected chi connectivity index (χ1v) is 4.50. The lowest BCUT2D eigenvalue weighted by molar-refractivity contribution is -0.138. The molecule has 4 N–H and O–H groups in total. The Balaban J connectivity index is 2.26. The van der Waals surface area contributed by atoms with Gasteiger partial charge in [-0.25, -0.2) is 0 Å². The number of nitrogens with two attached hydrogens (primary N) is 1.